The normalized spacial score (nSPS) is 14.9. The molecule has 8 nitrogen and oxygen atoms in total. The Bertz CT molecular complexity index is 377. The van der Waals surface area contributed by atoms with Gasteiger partial charge in [-0.2, -0.15) is 0 Å². The van der Waals surface area contributed by atoms with Gasteiger partial charge in [-0.1, -0.05) is 0 Å². The molecule has 2 N–H and O–H groups in total. The highest BCUT2D eigenvalue weighted by Gasteiger charge is 2.32. The Morgan fingerprint density at radius 1 is 1.44 bits per heavy atom. The molecule has 18 heavy (non-hydrogen) atoms. The van der Waals surface area contributed by atoms with Crippen LogP contribution in [0.1, 0.15) is 13.8 Å². The molecule has 0 aromatic heterocycles. The summed E-state index contributed by atoms with van der Waals surface area (Å²) in [7, 11) is 0. The Morgan fingerprint density at radius 2 is 2.06 bits per heavy atom. The van der Waals surface area contributed by atoms with Crippen molar-refractivity contribution in [3.05, 3.63) is 0 Å². The van der Waals surface area contributed by atoms with Crippen molar-refractivity contribution in [1.29, 1.82) is 0 Å². The maximum atomic E-state index is 11.9. The lowest BCUT2D eigenvalue weighted by molar-refractivity contribution is -0.146. The third kappa shape index (κ3) is 3.19. The predicted octanol–water partition coefficient (Wildman–Crippen LogP) is -1.14. The van der Waals surface area contributed by atoms with Crippen molar-refractivity contribution in [3.8, 4) is 0 Å². The van der Waals surface area contributed by atoms with Gasteiger partial charge in [-0.05, 0) is 13.8 Å². The molecule has 0 aliphatic carbocycles. The Balaban J connectivity index is 2.69. The molecule has 0 spiro atoms. The number of carbonyl (C=O) groups excluding carboxylic acids is 3. The largest absolute Gasteiger partial charge is 0.480 e. The molecule has 1 fully saturated rings. The predicted molar refractivity (Wildman–Crippen MR) is 59.6 cm³/mol. The van der Waals surface area contributed by atoms with Crippen LogP contribution in [0.4, 0.5) is 4.79 Å². The number of carbonyl (C=O) groups is 4. The highest BCUT2D eigenvalue weighted by molar-refractivity contribution is 6.04. The van der Waals surface area contributed by atoms with Crippen LogP contribution in [-0.2, 0) is 14.4 Å². The summed E-state index contributed by atoms with van der Waals surface area (Å²) < 4.78 is 0. The van der Waals surface area contributed by atoms with E-state index in [0.29, 0.717) is 0 Å². The van der Waals surface area contributed by atoms with E-state index in [0.717, 1.165) is 9.80 Å². The second kappa shape index (κ2) is 5.48. The van der Waals surface area contributed by atoms with Crippen LogP contribution in [0.25, 0.3) is 0 Å². The van der Waals surface area contributed by atoms with E-state index in [1.807, 2.05) is 0 Å². The van der Waals surface area contributed by atoms with Gasteiger partial charge < -0.3 is 15.3 Å². The molecule has 0 bridgehead atoms. The van der Waals surface area contributed by atoms with Crippen LogP contribution in [0.15, 0.2) is 0 Å². The third-order valence-electron chi connectivity index (χ3n) is 2.48. The molecule has 0 atom stereocenters. The number of nitrogens with zero attached hydrogens (tertiary/aromatic N) is 2. The minimum atomic E-state index is -1.14. The van der Waals surface area contributed by atoms with Gasteiger partial charge in [0.25, 0.3) is 5.91 Å². The van der Waals surface area contributed by atoms with E-state index in [1.54, 1.807) is 13.8 Å². The maximum absolute atomic E-state index is 11.9. The van der Waals surface area contributed by atoms with Crippen LogP contribution >= 0.6 is 0 Å². The van der Waals surface area contributed by atoms with Gasteiger partial charge >= 0.3 is 12.0 Å². The Hall–Kier alpha value is -2.12. The fraction of sp³-hybridized carbons (Fsp3) is 0.600. The summed E-state index contributed by atoms with van der Waals surface area (Å²) in [5, 5.41) is 11.0. The first-order valence-electron chi connectivity index (χ1n) is 5.42. The molecule has 8 heteroatoms. The summed E-state index contributed by atoms with van der Waals surface area (Å²) in [6.45, 7) is 2.29. The molecular weight excluding hydrogens is 242 g/mol. The van der Waals surface area contributed by atoms with Crippen molar-refractivity contribution in [2.45, 2.75) is 19.9 Å². The molecule has 1 heterocycles. The third-order valence-corrected chi connectivity index (χ3v) is 2.48. The maximum Gasteiger partial charge on any atom is 0.325 e. The van der Waals surface area contributed by atoms with Crippen LogP contribution in [0.3, 0.4) is 0 Å². The highest BCUT2D eigenvalue weighted by Crippen LogP contribution is 2.04. The van der Waals surface area contributed by atoms with Crippen LogP contribution in [0.2, 0.25) is 0 Å². The molecule has 4 amide bonds. The minimum absolute atomic E-state index is 0.132. The Labute approximate surface area is 104 Å². The molecule has 1 aliphatic rings. The lowest BCUT2D eigenvalue weighted by Gasteiger charge is -2.26. The molecule has 0 radical (unpaired) electrons. The van der Waals surface area contributed by atoms with Gasteiger partial charge in [0.2, 0.25) is 5.91 Å². The van der Waals surface area contributed by atoms with E-state index in [9.17, 15) is 19.2 Å². The van der Waals surface area contributed by atoms with Crippen molar-refractivity contribution >= 4 is 23.8 Å². The summed E-state index contributed by atoms with van der Waals surface area (Å²) in [6.07, 6.45) is 0. The quantitative estimate of drug-likeness (QED) is 0.605. The van der Waals surface area contributed by atoms with Crippen LogP contribution in [0, 0.1) is 0 Å². The van der Waals surface area contributed by atoms with Crippen molar-refractivity contribution < 1.29 is 24.3 Å². The van der Waals surface area contributed by atoms with Crippen LogP contribution in [0.5, 0.6) is 0 Å². The molecule has 0 unspecified atom stereocenters. The van der Waals surface area contributed by atoms with Gasteiger partial charge in [0.1, 0.15) is 13.1 Å². The van der Waals surface area contributed by atoms with E-state index < -0.39 is 36.9 Å². The number of rotatable bonds is 5. The second-order valence-electron chi connectivity index (χ2n) is 4.15. The highest BCUT2D eigenvalue weighted by atomic mass is 16.4. The summed E-state index contributed by atoms with van der Waals surface area (Å²) in [5.41, 5.74) is 0. The van der Waals surface area contributed by atoms with E-state index in [-0.39, 0.29) is 12.6 Å². The van der Waals surface area contributed by atoms with E-state index >= 15 is 0 Å². The van der Waals surface area contributed by atoms with Gasteiger partial charge in [-0.15, -0.1) is 0 Å². The van der Waals surface area contributed by atoms with Gasteiger partial charge in [0, 0.05) is 6.04 Å². The zero-order valence-corrected chi connectivity index (χ0v) is 10.2. The average Bonchev–Trinajstić information content (AvgIpc) is 2.56. The lowest BCUT2D eigenvalue weighted by atomic mass is 10.3. The molecular formula is C10H15N3O5. The first kappa shape index (κ1) is 13.9. The van der Waals surface area contributed by atoms with Gasteiger partial charge in [0.15, 0.2) is 0 Å². The first-order valence-corrected chi connectivity index (χ1v) is 5.42. The topological polar surface area (TPSA) is 107 Å². The molecule has 0 saturated carbocycles. The fourth-order valence-electron chi connectivity index (χ4n) is 1.55. The number of urea groups is 1. The SMILES string of the molecule is CC(C)N(CC(=O)O)C(=O)CN1C(=O)CNC1=O. The summed E-state index contributed by atoms with van der Waals surface area (Å²) in [4.78, 5) is 46.9. The van der Waals surface area contributed by atoms with Crippen molar-refractivity contribution in [2.75, 3.05) is 19.6 Å². The first-order chi connectivity index (χ1) is 8.32. The number of hydrogen-bond acceptors (Lipinski definition) is 4. The standard InChI is InChI=1S/C10H15N3O5/c1-6(2)12(5-9(16)17)8(15)4-13-7(14)3-11-10(13)18/h6H,3-5H2,1-2H3,(H,11,18)(H,16,17). The number of imide groups is 1. The van der Waals surface area contributed by atoms with Gasteiger partial charge in [0.05, 0.1) is 6.54 Å². The average molecular weight is 257 g/mol. The second-order valence-corrected chi connectivity index (χ2v) is 4.15. The fourth-order valence-corrected chi connectivity index (χ4v) is 1.55. The molecule has 100 valence electrons. The van der Waals surface area contributed by atoms with E-state index in [2.05, 4.69) is 5.32 Å². The monoisotopic (exact) mass is 257 g/mol. The van der Waals surface area contributed by atoms with E-state index in [4.69, 9.17) is 5.11 Å². The molecule has 1 aliphatic heterocycles. The number of amides is 4. The van der Waals surface area contributed by atoms with Crippen molar-refractivity contribution in [1.82, 2.24) is 15.1 Å². The zero-order chi connectivity index (χ0) is 13.9. The molecule has 1 rings (SSSR count). The van der Waals surface area contributed by atoms with Gasteiger partial charge in [-0.25, -0.2) is 4.79 Å². The number of carboxylic acid groups (broad SMARTS) is 1. The molecule has 0 aromatic rings. The zero-order valence-electron chi connectivity index (χ0n) is 10.2. The number of aliphatic carboxylic acids is 1. The van der Waals surface area contributed by atoms with Crippen molar-refractivity contribution in [3.63, 3.8) is 0 Å². The van der Waals surface area contributed by atoms with Crippen molar-refractivity contribution in [2.24, 2.45) is 0 Å². The number of carboxylic acids is 1. The number of hydrogen-bond donors (Lipinski definition) is 2. The lowest BCUT2D eigenvalue weighted by Crippen LogP contribution is -2.47. The summed E-state index contributed by atoms with van der Waals surface area (Å²) in [5.74, 6) is -2.21. The van der Waals surface area contributed by atoms with Gasteiger partial charge in [-0.3, -0.25) is 19.3 Å². The molecule has 1 saturated heterocycles. The summed E-state index contributed by atoms with van der Waals surface area (Å²) >= 11 is 0. The Morgan fingerprint density at radius 3 is 2.44 bits per heavy atom. The van der Waals surface area contributed by atoms with Crippen LogP contribution < -0.4 is 5.32 Å². The minimum Gasteiger partial charge on any atom is -0.480 e. The van der Waals surface area contributed by atoms with Crippen LogP contribution in [-0.4, -0.2) is 64.4 Å². The number of nitrogens with one attached hydrogen (secondary N) is 1. The van der Waals surface area contributed by atoms with E-state index in [1.165, 1.54) is 0 Å². The summed E-state index contributed by atoms with van der Waals surface area (Å²) in [6, 6.07) is -0.957. The smallest absolute Gasteiger partial charge is 0.325 e. The Kier molecular flexibility index (Phi) is 4.24. The molecule has 0 aromatic carbocycles.